The number of hydrogen-bond donors (Lipinski definition) is 0. The molecule has 0 spiro atoms. The Hall–Kier alpha value is -1.31. The van der Waals surface area contributed by atoms with Crippen molar-refractivity contribution in [2.24, 2.45) is 4.99 Å². The highest BCUT2D eigenvalue weighted by Crippen LogP contribution is 2.25. The molecule has 3 rings (SSSR count). The van der Waals surface area contributed by atoms with Gasteiger partial charge in [-0.3, -0.25) is 4.99 Å². The molecule has 2 aliphatic rings. The van der Waals surface area contributed by atoms with Crippen LogP contribution in [0.3, 0.4) is 0 Å². The molecule has 0 N–H and O–H groups in total. The largest absolute Gasteiger partial charge is 0.493 e. The van der Waals surface area contributed by atoms with Crippen LogP contribution >= 0.6 is 0 Å². The van der Waals surface area contributed by atoms with Crippen molar-refractivity contribution in [1.82, 2.24) is 0 Å². The van der Waals surface area contributed by atoms with E-state index in [9.17, 15) is 0 Å². The van der Waals surface area contributed by atoms with E-state index < -0.39 is 0 Å². The van der Waals surface area contributed by atoms with Gasteiger partial charge in [0.1, 0.15) is 5.75 Å². The Morgan fingerprint density at radius 1 is 1.11 bits per heavy atom. The summed E-state index contributed by atoms with van der Waals surface area (Å²) in [6, 6.07) is 7.05. The van der Waals surface area contributed by atoms with E-state index in [1.807, 2.05) is 6.21 Å². The zero-order valence-corrected chi connectivity index (χ0v) is 10.9. The molecule has 96 valence electrons. The first kappa shape index (κ1) is 11.8. The summed E-state index contributed by atoms with van der Waals surface area (Å²) in [4.78, 5) is 4.72. The fraction of sp³-hybridized carbons (Fsp3) is 0.562. The van der Waals surface area contributed by atoms with Gasteiger partial charge in [-0.05, 0) is 42.9 Å². The fourth-order valence-corrected chi connectivity index (χ4v) is 2.86. The van der Waals surface area contributed by atoms with Crippen molar-refractivity contribution in [3.05, 3.63) is 29.3 Å². The molecule has 0 unspecified atom stereocenters. The molecule has 1 saturated carbocycles. The predicted molar refractivity (Wildman–Crippen MR) is 74.7 cm³/mol. The minimum Gasteiger partial charge on any atom is -0.493 e. The standard InChI is InChI=1S/C16H21NO/c1-2-6-15(7-3-1)17-12-13-8-9-14-5-4-10-18-16(14)11-13/h8-9,11-12,15H,1-7,10H2/b17-12+. The molecule has 0 saturated heterocycles. The van der Waals surface area contributed by atoms with E-state index >= 15 is 0 Å². The quantitative estimate of drug-likeness (QED) is 0.725. The van der Waals surface area contributed by atoms with E-state index in [0.29, 0.717) is 6.04 Å². The molecule has 0 amide bonds. The van der Waals surface area contributed by atoms with Gasteiger partial charge < -0.3 is 4.74 Å². The van der Waals surface area contributed by atoms with Crippen molar-refractivity contribution in [2.75, 3.05) is 6.61 Å². The molecule has 1 fully saturated rings. The van der Waals surface area contributed by atoms with Crippen molar-refractivity contribution >= 4 is 6.21 Å². The van der Waals surface area contributed by atoms with Crippen LogP contribution in [0.2, 0.25) is 0 Å². The van der Waals surface area contributed by atoms with Crippen LogP contribution in [0.5, 0.6) is 5.75 Å². The van der Waals surface area contributed by atoms with Gasteiger partial charge in [0.2, 0.25) is 0 Å². The Labute approximate surface area is 109 Å². The lowest BCUT2D eigenvalue weighted by Crippen LogP contribution is -2.10. The maximum atomic E-state index is 5.69. The second-order valence-electron chi connectivity index (χ2n) is 5.39. The molecule has 1 aliphatic heterocycles. The maximum absolute atomic E-state index is 5.69. The summed E-state index contributed by atoms with van der Waals surface area (Å²) >= 11 is 0. The first-order valence-electron chi connectivity index (χ1n) is 7.21. The number of ether oxygens (including phenoxy) is 1. The molecule has 18 heavy (non-hydrogen) atoms. The first-order chi connectivity index (χ1) is 8.92. The van der Waals surface area contributed by atoms with Crippen LogP contribution in [0, 0.1) is 0 Å². The molecule has 2 heteroatoms. The average molecular weight is 243 g/mol. The van der Waals surface area contributed by atoms with E-state index in [2.05, 4.69) is 18.2 Å². The zero-order chi connectivity index (χ0) is 12.2. The number of aryl methyl sites for hydroxylation is 1. The van der Waals surface area contributed by atoms with E-state index in [1.54, 1.807) is 0 Å². The summed E-state index contributed by atoms with van der Waals surface area (Å²) in [6.45, 7) is 0.857. The van der Waals surface area contributed by atoms with Gasteiger partial charge in [-0.1, -0.05) is 31.4 Å². The third kappa shape index (κ3) is 2.74. The summed E-state index contributed by atoms with van der Waals surface area (Å²) in [7, 11) is 0. The van der Waals surface area contributed by atoms with Crippen LogP contribution in [0.25, 0.3) is 0 Å². The predicted octanol–water partition coefficient (Wildman–Crippen LogP) is 3.76. The van der Waals surface area contributed by atoms with Gasteiger partial charge in [0, 0.05) is 12.3 Å². The normalized spacial score (nSPS) is 20.7. The van der Waals surface area contributed by atoms with Crippen LogP contribution in [0.15, 0.2) is 23.2 Å². The second kappa shape index (κ2) is 5.55. The third-order valence-corrected chi connectivity index (χ3v) is 3.95. The van der Waals surface area contributed by atoms with Gasteiger partial charge in [-0.15, -0.1) is 0 Å². The molecule has 0 bridgehead atoms. The van der Waals surface area contributed by atoms with Crippen LogP contribution in [-0.4, -0.2) is 18.9 Å². The average Bonchev–Trinajstić information content (AvgIpc) is 2.46. The summed E-state index contributed by atoms with van der Waals surface area (Å²) < 4.78 is 5.69. The lowest BCUT2D eigenvalue weighted by Gasteiger charge is -2.18. The highest BCUT2D eigenvalue weighted by atomic mass is 16.5. The number of rotatable bonds is 2. The molecule has 0 radical (unpaired) electrons. The monoisotopic (exact) mass is 243 g/mol. The minimum absolute atomic E-state index is 0.552. The van der Waals surface area contributed by atoms with Gasteiger partial charge in [0.05, 0.1) is 6.61 Å². The van der Waals surface area contributed by atoms with Crippen molar-refractivity contribution in [2.45, 2.75) is 51.0 Å². The maximum Gasteiger partial charge on any atom is 0.123 e. The minimum atomic E-state index is 0.552. The lowest BCUT2D eigenvalue weighted by molar-refractivity contribution is 0.288. The first-order valence-corrected chi connectivity index (χ1v) is 7.21. The van der Waals surface area contributed by atoms with Crippen molar-refractivity contribution in [3.63, 3.8) is 0 Å². The Kier molecular flexibility index (Phi) is 3.63. The van der Waals surface area contributed by atoms with E-state index in [1.165, 1.54) is 43.2 Å². The van der Waals surface area contributed by atoms with Gasteiger partial charge in [-0.25, -0.2) is 0 Å². The number of nitrogens with zero attached hydrogens (tertiary/aromatic N) is 1. The molecule has 1 heterocycles. The third-order valence-electron chi connectivity index (χ3n) is 3.95. The second-order valence-corrected chi connectivity index (χ2v) is 5.39. The number of aliphatic imine (C=N–C) groups is 1. The molecule has 0 aromatic heterocycles. The fourth-order valence-electron chi connectivity index (χ4n) is 2.86. The highest BCUT2D eigenvalue weighted by Gasteiger charge is 2.12. The summed E-state index contributed by atoms with van der Waals surface area (Å²) in [5.41, 5.74) is 2.53. The van der Waals surface area contributed by atoms with Gasteiger partial charge in [0.25, 0.3) is 0 Å². The van der Waals surface area contributed by atoms with Crippen LogP contribution in [-0.2, 0) is 6.42 Å². The van der Waals surface area contributed by atoms with Gasteiger partial charge >= 0.3 is 0 Å². The molecule has 2 nitrogen and oxygen atoms in total. The topological polar surface area (TPSA) is 21.6 Å². The summed E-state index contributed by atoms with van der Waals surface area (Å²) in [5.74, 6) is 1.06. The smallest absolute Gasteiger partial charge is 0.123 e. The van der Waals surface area contributed by atoms with E-state index in [-0.39, 0.29) is 0 Å². The van der Waals surface area contributed by atoms with Crippen molar-refractivity contribution in [3.8, 4) is 5.75 Å². The Morgan fingerprint density at radius 2 is 2.00 bits per heavy atom. The van der Waals surface area contributed by atoms with Crippen LogP contribution < -0.4 is 4.74 Å². The number of fused-ring (bicyclic) bond motifs is 1. The van der Waals surface area contributed by atoms with Crippen LogP contribution in [0.4, 0.5) is 0 Å². The molecule has 1 aliphatic carbocycles. The molecular weight excluding hydrogens is 222 g/mol. The van der Waals surface area contributed by atoms with E-state index in [0.717, 1.165) is 25.2 Å². The van der Waals surface area contributed by atoms with Crippen molar-refractivity contribution in [1.29, 1.82) is 0 Å². The molecular formula is C16H21NO. The van der Waals surface area contributed by atoms with Gasteiger partial charge in [-0.2, -0.15) is 0 Å². The Morgan fingerprint density at radius 3 is 2.89 bits per heavy atom. The summed E-state index contributed by atoms with van der Waals surface area (Å²) in [5, 5.41) is 0. The number of hydrogen-bond acceptors (Lipinski definition) is 2. The Balaban J connectivity index is 1.70. The summed E-state index contributed by atoms with van der Waals surface area (Å²) in [6.07, 6.45) is 10.9. The number of benzene rings is 1. The van der Waals surface area contributed by atoms with Crippen molar-refractivity contribution < 1.29 is 4.74 Å². The van der Waals surface area contributed by atoms with Crippen LogP contribution in [0.1, 0.15) is 49.7 Å². The lowest BCUT2D eigenvalue weighted by atomic mass is 9.96. The highest BCUT2D eigenvalue weighted by molar-refractivity contribution is 5.80. The zero-order valence-electron chi connectivity index (χ0n) is 10.9. The Bertz CT molecular complexity index is 433. The molecule has 1 aromatic rings. The molecule has 1 aromatic carbocycles. The van der Waals surface area contributed by atoms with E-state index in [4.69, 9.17) is 9.73 Å². The molecule has 0 atom stereocenters. The SMILES string of the molecule is C(=N\C1CCCCC1)/c1ccc2c(c1)OCCC2. The van der Waals surface area contributed by atoms with Gasteiger partial charge in [0.15, 0.2) is 0 Å².